The third-order valence-electron chi connectivity index (χ3n) is 17.8. The van der Waals surface area contributed by atoms with Crippen LogP contribution in [0.25, 0.3) is 104 Å². The number of halogens is 1. The number of hydrogen-bond donors (Lipinski definition) is 0. The fourth-order valence-electron chi connectivity index (χ4n) is 16.9. The van der Waals surface area contributed by atoms with Crippen molar-refractivity contribution in [3.63, 3.8) is 0 Å². The summed E-state index contributed by atoms with van der Waals surface area (Å²) in [6, 6.07) is 13.1. The largest absolute Gasteiger partial charge is 0.382 e. The van der Waals surface area contributed by atoms with Gasteiger partial charge in [0.25, 0.3) is 0 Å². The van der Waals surface area contributed by atoms with E-state index in [9.17, 15) is 0 Å². The van der Waals surface area contributed by atoms with Gasteiger partial charge in [-0.1, -0.05) is 47.6 Å². The first-order valence-corrected chi connectivity index (χ1v) is 21.3. The first-order chi connectivity index (χ1) is 27.7. The molecular weight excluding hydrogens is 690 g/mol. The lowest BCUT2D eigenvalue weighted by molar-refractivity contribution is 0.0514. The topological polar surface area (TPSA) is 21.7 Å². The van der Waals surface area contributed by atoms with E-state index in [4.69, 9.17) is 9.47 Å². The van der Waals surface area contributed by atoms with Crippen molar-refractivity contribution in [2.24, 2.45) is 17.3 Å². The van der Waals surface area contributed by atoms with Gasteiger partial charge in [-0.05, 0) is 179 Å². The minimum atomic E-state index is -0.124. The third-order valence-corrected chi connectivity index (χ3v) is 17.8. The molecule has 1 spiro atoms. The zero-order chi connectivity index (χ0) is 35.6. The molecule has 6 unspecified atom stereocenters. The Hall–Kier alpha value is -4.87. The van der Waals surface area contributed by atoms with Crippen molar-refractivity contribution in [3.8, 4) is 0 Å². The molecule has 1 heterocycles. The van der Waals surface area contributed by atoms with Crippen LogP contribution < -0.4 is 26.1 Å². The zero-order valence-corrected chi connectivity index (χ0v) is 31.0. The van der Waals surface area contributed by atoms with Crippen molar-refractivity contribution in [2.45, 2.75) is 43.6 Å². The summed E-state index contributed by atoms with van der Waals surface area (Å²) in [5.41, 5.74) is 12.7. The molecule has 4 heteroatoms. The van der Waals surface area contributed by atoms with Gasteiger partial charge in [0.1, 0.15) is 5.82 Å². The number of hydrogen-bond acceptors (Lipinski definition) is 3. The van der Waals surface area contributed by atoms with E-state index in [1.807, 2.05) is 12.1 Å². The molecule has 0 amide bonds. The highest BCUT2D eigenvalue weighted by Gasteiger charge is 2.66. The molecule has 6 atom stereocenters. The van der Waals surface area contributed by atoms with Crippen LogP contribution in [0.5, 0.6) is 0 Å². The van der Waals surface area contributed by atoms with Crippen LogP contribution in [0.2, 0.25) is 0 Å². The van der Waals surface area contributed by atoms with Crippen molar-refractivity contribution in [3.05, 3.63) is 96.1 Å². The highest BCUT2D eigenvalue weighted by molar-refractivity contribution is 6.54. The quantitative estimate of drug-likeness (QED) is 0.139. The van der Waals surface area contributed by atoms with Crippen LogP contribution in [0.3, 0.4) is 0 Å². The van der Waals surface area contributed by atoms with Gasteiger partial charge in [-0.15, -0.1) is 0 Å². The lowest BCUT2D eigenvalue weighted by Crippen LogP contribution is -2.47. The smallest absolute Gasteiger partial charge is 0.123 e. The van der Waals surface area contributed by atoms with Gasteiger partial charge in [0.15, 0.2) is 0 Å². The van der Waals surface area contributed by atoms with E-state index in [1.165, 1.54) is 10.4 Å². The fraction of sp³-hybridized carbons (Fsp3) is 0.308. The average molecular weight is 724 g/mol. The Morgan fingerprint density at radius 2 is 1.55 bits per heavy atom. The number of methoxy groups -OCH3 is 1. The predicted molar refractivity (Wildman–Crippen MR) is 222 cm³/mol. The second kappa shape index (κ2) is 8.11. The molecule has 1 saturated heterocycles. The Morgan fingerprint density at radius 1 is 0.732 bits per heavy atom. The van der Waals surface area contributed by atoms with Gasteiger partial charge >= 0.3 is 0 Å². The van der Waals surface area contributed by atoms with Gasteiger partial charge in [-0.25, -0.2) is 4.39 Å². The van der Waals surface area contributed by atoms with Gasteiger partial charge in [0.05, 0.1) is 19.8 Å². The molecule has 3 nitrogen and oxygen atoms in total. The van der Waals surface area contributed by atoms with Crippen LogP contribution in [0.4, 0.5) is 4.39 Å². The first-order valence-electron chi connectivity index (χ1n) is 21.3. The van der Waals surface area contributed by atoms with Crippen molar-refractivity contribution in [1.82, 2.24) is 4.90 Å². The molecule has 8 aliphatic carbocycles. The number of fused-ring (bicyclic) bond motifs is 1. The molecule has 1 saturated carbocycles. The molecule has 9 aromatic rings. The van der Waals surface area contributed by atoms with E-state index >= 15 is 4.39 Å². The van der Waals surface area contributed by atoms with E-state index < -0.39 is 0 Å². The number of nitrogens with zero attached hydrogens (tertiary/aromatic N) is 1. The molecule has 1 aliphatic heterocycles. The van der Waals surface area contributed by atoms with E-state index in [-0.39, 0.29) is 17.3 Å². The second-order valence-electron chi connectivity index (χ2n) is 19.5. The summed E-state index contributed by atoms with van der Waals surface area (Å²) < 4.78 is 27.2. The Balaban J connectivity index is 1.10. The van der Waals surface area contributed by atoms with E-state index in [1.54, 1.807) is 143 Å². The molecule has 56 heavy (non-hydrogen) atoms. The van der Waals surface area contributed by atoms with Crippen LogP contribution in [-0.4, -0.2) is 44.9 Å². The molecular formula is C52H34FNO2. The van der Waals surface area contributed by atoms with E-state index in [0.29, 0.717) is 43.5 Å². The van der Waals surface area contributed by atoms with Crippen LogP contribution in [0.15, 0.2) is 36.4 Å². The standard InChI is InChI=1S/C52H34FNO2/c1-55-7-8-56-6-5-54-18-29-28-16-25-13-22-11-23-10-20-9-21-12-24-14-26-17-52(29,51(54)19-3-2-4-27(53)15-19)50-36(26)41-35(24)40-31(21)30(20)38-34(23)39-32(22)33(25)42-37(28)49(50)48-46(41)44(40)43(38)45(39)47(42)48/h2-4,10-12,14-15,20,26,29,36,51H,5-9,13,16-18H2,1H3. The molecule has 18 rings (SSSR count). The first kappa shape index (κ1) is 27.7. The van der Waals surface area contributed by atoms with E-state index in [0.717, 1.165) is 44.3 Å². The molecule has 266 valence electrons. The highest BCUT2D eigenvalue weighted by atomic mass is 19.1. The highest BCUT2D eigenvalue weighted by Crippen LogP contribution is 2.74. The van der Waals surface area contributed by atoms with Gasteiger partial charge in [0.2, 0.25) is 0 Å². The molecule has 0 radical (unpaired) electrons. The number of rotatable bonds is 7. The number of benzene rings is 6. The van der Waals surface area contributed by atoms with Crippen molar-refractivity contribution in [2.75, 3.05) is 40.0 Å². The average Bonchev–Trinajstić information content (AvgIpc) is 4.05. The number of likely N-dealkylation sites (tertiary alicyclic amines) is 1. The summed E-state index contributed by atoms with van der Waals surface area (Å²) in [5, 5.41) is 30.6. The monoisotopic (exact) mass is 723 g/mol. The maximum absolute atomic E-state index is 15.6. The van der Waals surface area contributed by atoms with Gasteiger partial charge in [-0.3, -0.25) is 4.90 Å². The SMILES string of the molecule is COCCOCCN1CC2C3=c4c5c6c7c8c9c(cc%10c%11c%12c%13c%14c(cc%15c%16c(c4c6c(c%16%14)c%13c7c%119)=C(C3)C%15)=CC%12C%10)=CC3CC2(C=5C83)C1c1cccc(F)c1. The Bertz CT molecular complexity index is 3880. The molecule has 9 aromatic carbocycles. The van der Waals surface area contributed by atoms with Crippen molar-refractivity contribution >= 4 is 104 Å². The van der Waals surface area contributed by atoms with Gasteiger partial charge in [0, 0.05) is 49.4 Å². The summed E-state index contributed by atoms with van der Waals surface area (Å²) in [4.78, 5) is 2.74. The third kappa shape index (κ3) is 2.37. The molecule has 9 aliphatic rings. The van der Waals surface area contributed by atoms with Gasteiger partial charge in [-0.2, -0.15) is 0 Å². The van der Waals surface area contributed by atoms with Crippen LogP contribution in [-0.2, 0) is 22.3 Å². The van der Waals surface area contributed by atoms with Crippen molar-refractivity contribution in [1.29, 1.82) is 0 Å². The van der Waals surface area contributed by atoms with Gasteiger partial charge < -0.3 is 9.47 Å². The Kier molecular flexibility index (Phi) is 4.01. The number of ether oxygens (including phenoxy) is 2. The Labute approximate surface area is 318 Å². The van der Waals surface area contributed by atoms with Crippen LogP contribution in [0, 0.1) is 23.1 Å². The fourth-order valence-corrected chi connectivity index (χ4v) is 16.9. The van der Waals surface area contributed by atoms with Crippen LogP contribution >= 0.6 is 0 Å². The summed E-state index contributed by atoms with van der Waals surface area (Å²) in [6.07, 6.45) is 9.87. The Morgan fingerprint density at radius 3 is 2.46 bits per heavy atom. The lowest BCUT2D eigenvalue weighted by atomic mass is 9.59. The minimum Gasteiger partial charge on any atom is -0.382 e. The second-order valence-corrected chi connectivity index (χ2v) is 19.5. The zero-order valence-electron chi connectivity index (χ0n) is 31.0. The summed E-state index contributed by atoms with van der Waals surface area (Å²) in [7, 11) is 1.74. The molecule has 0 bridgehead atoms. The molecule has 0 aromatic heterocycles. The predicted octanol–water partition coefficient (Wildman–Crippen LogP) is 6.46. The normalized spacial score (nSPS) is 29.0. The minimum absolute atomic E-state index is 0.0829. The van der Waals surface area contributed by atoms with E-state index in [2.05, 4.69) is 35.3 Å². The lowest BCUT2D eigenvalue weighted by Gasteiger charge is -2.44. The summed E-state index contributed by atoms with van der Waals surface area (Å²) in [6.45, 7) is 3.68. The van der Waals surface area contributed by atoms with Crippen LogP contribution in [0.1, 0.15) is 58.5 Å². The maximum Gasteiger partial charge on any atom is 0.123 e. The molecule has 0 N–H and O–H groups in total. The molecule has 2 fully saturated rings. The summed E-state index contributed by atoms with van der Waals surface area (Å²) >= 11 is 0. The summed E-state index contributed by atoms with van der Waals surface area (Å²) in [5.74, 6) is 1.52. The van der Waals surface area contributed by atoms with Crippen molar-refractivity contribution < 1.29 is 13.9 Å². The maximum atomic E-state index is 15.6.